The number of likely N-dealkylation sites (tertiary alicyclic amines) is 1. The van der Waals surface area contributed by atoms with Gasteiger partial charge in [0.05, 0.1) is 0 Å². The first-order chi connectivity index (χ1) is 8.25. The van der Waals surface area contributed by atoms with Gasteiger partial charge in [-0.25, -0.2) is 0 Å². The Morgan fingerprint density at radius 2 is 2.00 bits per heavy atom. The van der Waals surface area contributed by atoms with Gasteiger partial charge in [0, 0.05) is 18.2 Å². The average molecular weight is 230 g/mol. The number of hydrogen-bond acceptors (Lipinski definition) is 2. The first-order valence-electron chi connectivity index (χ1n) is 6.77. The van der Waals surface area contributed by atoms with Crippen LogP contribution in [0, 0.1) is 12.8 Å². The maximum Gasteiger partial charge on any atom is 0.0379 e. The van der Waals surface area contributed by atoms with E-state index >= 15 is 0 Å². The second-order valence-electron chi connectivity index (χ2n) is 5.66. The minimum absolute atomic E-state index is 0.750. The molecule has 1 aromatic rings. The Morgan fingerprint density at radius 3 is 2.76 bits per heavy atom. The van der Waals surface area contributed by atoms with Gasteiger partial charge in [-0.3, -0.25) is 0 Å². The van der Waals surface area contributed by atoms with Crippen LogP contribution in [0.3, 0.4) is 0 Å². The monoisotopic (exact) mass is 230 g/mol. The third kappa shape index (κ3) is 1.95. The second kappa shape index (κ2) is 4.34. The summed E-state index contributed by atoms with van der Waals surface area (Å²) >= 11 is 0. The molecule has 0 aromatic heterocycles. The van der Waals surface area contributed by atoms with Crippen molar-refractivity contribution in [3.05, 3.63) is 29.3 Å². The summed E-state index contributed by atoms with van der Waals surface area (Å²) in [5.41, 5.74) is 4.45. The predicted octanol–water partition coefficient (Wildman–Crippen LogP) is 2.85. The van der Waals surface area contributed by atoms with Crippen molar-refractivity contribution in [1.82, 2.24) is 4.90 Å². The van der Waals surface area contributed by atoms with E-state index in [2.05, 4.69) is 42.4 Å². The molecule has 1 atom stereocenters. The van der Waals surface area contributed by atoms with E-state index in [9.17, 15) is 0 Å². The van der Waals surface area contributed by atoms with Crippen LogP contribution in [0.25, 0.3) is 0 Å². The Kier molecular flexibility index (Phi) is 2.83. The van der Waals surface area contributed by atoms with Crippen LogP contribution < -0.4 is 5.32 Å². The lowest BCUT2D eigenvalue weighted by Gasteiger charge is -2.33. The topological polar surface area (TPSA) is 15.3 Å². The molecule has 2 nitrogen and oxygen atoms in total. The van der Waals surface area contributed by atoms with Gasteiger partial charge in [-0.1, -0.05) is 12.1 Å². The summed E-state index contributed by atoms with van der Waals surface area (Å²) in [5, 5.41) is 3.59. The van der Waals surface area contributed by atoms with E-state index in [1.807, 2.05) is 0 Å². The summed E-state index contributed by atoms with van der Waals surface area (Å²) in [4.78, 5) is 2.46. The highest BCUT2D eigenvalue weighted by Crippen LogP contribution is 2.41. The summed E-state index contributed by atoms with van der Waals surface area (Å²) in [6, 6.07) is 6.66. The molecule has 0 radical (unpaired) electrons. The molecule has 0 saturated carbocycles. The third-order valence-electron chi connectivity index (χ3n) is 4.54. The van der Waals surface area contributed by atoms with Gasteiger partial charge in [0.25, 0.3) is 0 Å². The smallest absolute Gasteiger partial charge is 0.0379 e. The predicted molar refractivity (Wildman–Crippen MR) is 72.6 cm³/mol. The van der Waals surface area contributed by atoms with Crippen LogP contribution in [0.4, 0.5) is 5.69 Å². The minimum atomic E-state index is 0.750. The van der Waals surface area contributed by atoms with Crippen LogP contribution in [0.15, 0.2) is 18.2 Å². The molecule has 1 unspecified atom stereocenters. The van der Waals surface area contributed by atoms with Crippen molar-refractivity contribution in [3.63, 3.8) is 0 Å². The minimum Gasteiger partial charge on any atom is -0.384 e. The normalized spacial score (nSPS) is 25.6. The molecule has 92 valence electrons. The molecule has 2 heterocycles. The molecule has 2 heteroatoms. The van der Waals surface area contributed by atoms with Gasteiger partial charge < -0.3 is 10.2 Å². The van der Waals surface area contributed by atoms with Crippen LogP contribution in [0.5, 0.6) is 0 Å². The van der Waals surface area contributed by atoms with E-state index in [4.69, 9.17) is 0 Å². The van der Waals surface area contributed by atoms with E-state index in [0.29, 0.717) is 0 Å². The zero-order valence-electron chi connectivity index (χ0n) is 10.9. The van der Waals surface area contributed by atoms with Gasteiger partial charge in [-0.05, 0) is 63.0 Å². The summed E-state index contributed by atoms with van der Waals surface area (Å²) in [6.07, 6.45) is 2.72. The van der Waals surface area contributed by atoms with Crippen LogP contribution >= 0.6 is 0 Å². The molecule has 1 aromatic carbocycles. The highest BCUT2D eigenvalue weighted by molar-refractivity contribution is 5.60. The van der Waals surface area contributed by atoms with Crippen LogP contribution in [-0.4, -0.2) is 31.6 Å². The zero-order valence-corrected chi connectivity index (χ0v) is 10.9. The fourth-order valence-electron chi connectivity index (χ4n) is 3.48. The number of rotatable bonds is 1. The first kappa shape index (κ1) is 11.1. The number of nitrogens with one attached hydrogen (secondary N) is 1. The van der Waals surface area contributed by atoms with Crippen LogP contribution in [0.2, 0.25) is 0 Å². The van der Waals surface area contributed by atoms with E-state index in [0.717, 1.165) is 18.4 Å². The molecule has 0 bridgehead atoms. The molecular formula is C15H22N2. The van der Waals surface area contributed by atoms with Crippen molar-refractivity contribution in [3.8, 4) is 0 Å². The van der Waals surface area contributed by atoms with Crippen molar-refractivity contribution < 1.29 is 0 Å². The SMILES string of the molecule is Cc1cccc2c1C(C1CCN(C)CC1)CN2. The Morgan fingerprint density at radius 1 is 1.24 bits per heavy atom. The lowest BCUT2D eigenvalue weighted by molar-refractivity contribution is 0.202. The third-order valence-corrected chi connectivity index (χ3v) is 4.54. The lowest BCUT2D eigenvalue weighted by atomic mass is 9.80. The fourth-order valence-corrected chi connectivity index (χ4v) is 3.48. The Hall–Kier alpha value is -1.02. The van der Waals surface area contributed by atoms with Crippen molar-refractivity contribution in [2.45, 2.75) is 25.7 Å². The van der Waals surface area contributed by atoms with Gasteiger partial charge in [0.15, 0.2) is 0 Å². The Labute approximate surface area is 104 Å². The molecule has 0 spiro atoms. The molecule has 1 fully saturated rings. The number of piperidine rings is 1. The maximum absolute atomic E-state index is 3.59. The highest BCUT2D eigenvalue weighted by Gasteiger charge is 2.32. The standard InChI is InChI=1S/C15H22N2/c1-11-4-3-5-14-15(11)13(10-16-14)12-6-8-17(2)9-7-12/h3-5,12-13,16H,6-10H2,1-2H3. The molecule has 2 aliphatic rings. The molecule has 1 N–H and O–H groups in total. The van der Waals surface area contributed by atoms with E-state index in [-0.39, 0.29) is 0 Å². The summed E-state index contributed by atoms with van der Waals surface area (Å²) < 4.78 is 0. The largest absolute Gasteiger partial charge is 0.384 e. The van der Waals surface area contributed by atoms with Gasteiger partial charge in [0.2, 0.25) is 0 Å². The number of aryl methyl sites for hydroxylation is 1. The van der Waals surface area contributed by atoms with Crippen molar-refractivity contribution in [2.75, 3.05) is 32.0 Å². The van der Waals surface area contributed by atoms with Gasteiger partial charge in [-0.15, -0.1) is 0 Å². The average Bonchev–Trinajstić information content (AvgIpc) is 2.75. The molecular weight excluding hydrogens is 208 g/mol. The van der Waals surface area contributed by atoms with E-state index in [1.54, 1.807) is 5.56 Å². The number of nitrogens with zero attached hydrogens (tertiary/aromatic N) is 1. The highest BCUT2D eigenvalue weighted by atomic mass is 15.1. The second-order valence-corrected chi connectivity index (χ2v) is 5.66. The lowest BCUT2D eigenvalue weighted by Crippen LogP contribution is -2.33. The van der Waals surface area contributed by atoms with Gasteiger partial charge in [0.1, 0.15) is 0 Å². The Bertz CT molecular complexity index is 405. The van der Waals surface area contributed by atoms with Crippen molar-refractivity contribution in [2.24, 2.45) is 5.92 Å². The summed E-state index contributed by atoms with van der Waals surface area (Å²) in [7, 11) is 2.24. The molecule has 2 aliphatic heterocycles. The molecule has 3 rings (SSSR count). The number of benzene rings is 1. The van der Waals surface area contributed by atoms with E-state index in [1.165, 1.54) is 37.2 Å². The first-order valence-corrected chi connectivity index (χ1v) is 6.77. The Balaban J connectivity index is 1.83. The van der Waals surface area contributed by atoms with Crippen LogP contribution in [0.1, 0.15) is 29.9 Å². The van der Waals surface area contributed by atoms with Crippen LogP contribution in [-0.2, 0) is 0 Å². The molecule has 1 saturated heterocycles. The number of anilines is 1. The molecule has 17 heavy (non-hydrogen) atoms. The summed E-state index contributed by atoms with van der Waals surface area (Å²) in [6.45, 7) is 5.94. The van der Waals surface area contributed by atoms with Crippen molar-refractivity contribution in [1.29, 1.82) is 0 Å². The molecule has 0 amide bonds. The number of fused-ring (bicyclic) bond motifs is 1. The molecule has 0 aliphatic carbocycles. The van der Waals surface area contributed by atoms with Crippen molar-refractivity contribution >= 4 is 5.69 Å². The fraction of sp³-hybridized carbons (Fsp3) is 0.600. The number of hydrogen-bond donors (Lipinski definition) is 1. The van der Waals surface area contributed by atoms with Gasteiger partial charge >= 0.3 is 0 Å². The maximum atomic E-state index is 3.59. The van der Waals surface area contributed by atoms with E-state index < -0.39 is 0 Å². The summed E-state index contributed by atoms with van der Waals surface area (Å²) in [5.74, 6) is 1.63. The quantitative estimate of drug-likeness (QED) is 0.798. The van der Waals surface area contributed by atoms with Gasteiger partial charge in [-0.2, -0.15) is 0 Å². The zero-order chi connectivity index (χ0) is 11.8.